The molecule has 0 radical (unpaired) electrons. The van der Waals surface area contributed by atoms with Crippen molar-refractivity contribution in [2.24, 2.45) is 0 Å². The molecular formula is C20H21N3O2S. The molecule has 3 aromatic rings. The van der Waals surface area contributed by atoms with E-state index in [4.69, 9.17) is 4.74 Å². The van der Waals surface area contributed by atoms with E-state index in [2.05, 4.69) is 23.3 Å². The fourth-order valence-electron chi connectivity index (χ4n) is 2.64. The third-order valence-electron chi connectivity index (χ3n) is 3.98. The molecule has 0 aliphatic heterocycles. The van der Waals surface area contributed by atoms with E-state index in [0.717, 1.165) is 27.7 Å². The van der Waals surface area contributed by atoms with Crippen molar-refractivity contribution in [2.75, 3.05) is 12.9 Å². The van der Waals surface area contributed by atoms with Crippen molar-refractivity contribution in [3.05, 3.63) is 72.1 Å². The summed E-state index contributed by atoms with van der Waals surface area (Å²) in [6, 6.07) is 15.8. The fourth-order valence-corrected chi connectivity index (χ4v) is 3.43. The van der Waals surface area contributed by atoms with Gasteiger partial charge in [-0.1, -0.05) is 48.2 Å². The number of benzene rings is 2. The molecule has 1 N–H and O–H groups in total. The number of imidazole rings is 1. The van der Waals surface area contributed by atoms with Crippen molar-refractivity contribution < 1.29 is 9.53 Å². The lowest BCUT2D eigenvalue weighted by Crippen LogP contribution is -2.25. The van der Waals surface area contributed by atoms with Crippen LogP contribution < -0.4 is 10.1 Å². The van der Waals surface area contributed by atoms with E-state index in [1.165, 1.54) is 11.8 Å². The summed E-state index contributed by atoms with van der Waals surface area (Å²) in [4.78, 5) is 16.6. The first-order valence-electron chi connectivity index (χ1n) is 8.30. The second-order valence-electron chi connectivity index (χ2n) is 5.74. The zero-order chi connectivity index (χ0) is 18.4. The summed E-state index contributed by atoms with van der Waals surface area (Å²) in [5, 5.41) is 3.73. The molecule has 5 nitrogen and oxygen atoms in total. The van der Waals surface area contributed by atoms with E-state index in [0.29, 0.717) is 12.3 Å². The molecule has 26 heavy (non-hydrogen) atoms. The number of nitrogens with zero attached hydrogens (tertiary/aromatic N) is 2. The largest absolute Gasteiger partial charge is 0.496 e. The maximum absolute atomic E-state index is 12.2. The number of methoxy groups -OCH3 is 1. The quantitative estimate of drug-likeness (QED) is 0.648. The number of carbonyl (C=O) groups excluding carboxylic acids is 1. The third kappa shape index (κ3) is 4.26. The van der Waals surface area contributed by atoms with Gasteiger partial charge in [-0.15, -0.1) is 0 Å². The van der Waals surface area contributed by atoms with Crippen LogP contribution in [-0.2, 0) is 11.3 Å². The molecule has 1 amide bonds. The van der Waals surface area contributed by atoms with Gasteiger partial charge in [-0.05, 0) is 24.6 Å². The van der Waals surface area contributed by atoms with Gasteiger partial charge >= 0.3 is 0 Å². The summed E-state index contributed by atoms with van der Waals surface area (Å²) in [7, 11) is 1.63. The van der Waals surface area contributed by atoms with Gasteiger partial charge in [0.1, 0.15) is 5.75 Å². The lowest BCUT2D eigenvalue weighted by atomic mass is 10.2. The van der Waals surface area contributed by atoms with Gasteiger partial charge in [0, 0.05) is 24.5 Å². The van der Waals surface area contributed by atoms with Gasteiger partial charge in [0.2, 0.25) is 5.91 Å². The van der Waals surface area contributed by atoms with Crippen LogP contribution in [0.3, 0.4) is 0 Å². The molecule has 0 aliphatic carbocycles. The van der Waals surface area contributed by atoms with Crippen LogP contribution in [0.2, 0.25) is 0 Å². The molecule has 134 valence electrons. The number of nitrogens with one attached hydrogen (secondary N) is 1. The van der Waals surface area contributed by atoms with Crippen molar-refractivity contribution in [2.45, 2.75) is 18.6 Å². The average molecular weight is 367 g/mol. The predicted molar refractivity (Wildman–Crippen MR) is 104 cm³/mol. The number of aromatic nitrogens is 2. The molecule has 0 fully saturated rings. The summed E-state index contributed by atoms with van der Waals surface area (Å²) < 4.78 is 7.31. The van der Waals surface area contributed by atoms with Crippen LogP contribution in [-0.4, -0.2) is 28.3 Å². The van der Waals surface area contributed by atoms with Crippen molar-refractivity contribution >= 4 is 17.7 Å². The number of hydrogen-bond donors (Lipinski definition) is 1. The molecule has 1 aromatic heterocycles. The van der Waals surface area contributed by atoms with E-state index in [9.17, 15) is 4.79 Å². The van der Waals surface area contributed by atoms with Gasteiger partial charge in [-0.25, -0.2) is 4.98 Å². The molecule has 0 saturated heterocycles. The van der Waals surface area contributed by atoms with Gasteiger partial charge < -0.3 is 10.1 Å². The summed E-state index contributed by atoms with van der Waals surface area (Å²) >= 11 is 1.42. The molecule has 0 aliphatic rings. The van der Waals surface area contributed by atoms with Crippen LogP contribution in [0, 0.1) is 6.92 Å². The third-order valence-corrected chi connectivity index (χ3v) is 4.95. The highest BCUT2D eigenvalue weighted by Crippen LogP contribution is 2.22. The normalized spacial score (nSPS) is 10.5. The van der Waals surface area contributed by atoms with Crippen LogP contribution >= 0.6 is 11.8 Å². The minimum atomic E-state index is -0.0414. The van der Waals surface area contributed by atoms with Crippen molar-refractivity contribution in [3.8, 4) is 11.4 Å². The first-order chi connectivity index (χ1) is 12.7. The topological polar surface area (TPSA) is 56.1 Å². The molecule has 0 bridgehead atoms. The zero-order valence-corrected chi connectivity index (χ0v) is 15.6. The minimum Gasteiger partial charge on any atom is -0.496 e. The average Bonchev–Trinajstić information content (AvgIpc) is 3.13. The number of rotatable bonds is 7. The van der Waals surface area contributed by atoms with E-state index in [-0.39, 0.29) is 5.91 Å². The van der Waals surface area contributed by atoms with Crippen LogP contribution in [0.4, 0.5) is 0 Å². The maximum atomic E-state index is 12.2. The van der Waals surface area contributed by atoms with Crippen LogP contribution in [0.5, 0.6) is 5.75 Å². The lowest BCUT2D eigenvalue weighted by molar-refractivity contribution is -0.118. The Labute approximate surface area is 157 Å². The Kier molecular flexibility index (Phi) is 5.96. The highest BCUT2D eigenvalue weighted by molar-refractivity contribution is 7.99. The van der Waals surface area contributed by atoms with Gasteiger partial charge in [0.25, 0.3) is 0 Å². The molecule has 0 unspecified atom stereocenters. The van der Waals surface area contributed by atoms with E-state index < -0.39 is 0 Å². The van der Waals surface area contributed by atoms with Crippen molar-refractivity contribution in [1.82, 2.24) is 14.9 Å². The number of para-hydroxylation sites is 2. The Morgan fingerprint density at radius 3 is 2.77 bits per heavy atom. The second kappa shape index (κ2) is 8.58. The number of amides is 1. The molecule has 0 atom stereocenters. The zero-order valence-electron chi connectivity index (χ0n) is 14.8. The summed E-state index contributed by atoms with van der Waals surface area (Å²) in [5.41, 5.74) is 3.18. The first-order valence-corrected chi connectivity index (χ1v) is 9.28. The predicted octanol–water partition coefficient (Wildman–Crippen LogP) is 3.60. The first kappa shape index (κ1) is 18.1. The second-order valence-corrected chi connectivity index (χ2v) is 6.69. The van der Waals surface area contributed by atoms with Gasteiger partial charge in [0.15, 0.2) is 5.16 Å². The van der Waals surface area contributed by atoms with Crippen molar-refractivity contribution in [3.63, 3.8) is 0 Å². The maximum Gasteiger partial charge on any atom is 0.230 e. The number of aryl methyl sites for hydroxylation is 1. The Bertz CT molecular complexity index is 892. The van der Waals surface area contributed by atoms with E-state index in [1.54, 1.807) is 13.3 Å². The van der Waals surface area contributed by atoms with E-state index >= 15 is 0 Å². The Morgan fingerprint density at radius 1 is 1.19 bits per heavy atom. The Hall–Kier alpha value is -2.73. The summed E-state index contributed by atoms with van der Waals surface area (Å²) in [6.45, 7) is 2.50. The molecule has 3 rings (SSSR count). The van der Waals surface area contributed by atoms with Crippen LogP contribution in [0.1, 0.15) is 11.1 Å². The Morgan fingerprint density at radius 2 is 1.96 bits per heavy atom. The number of ether oxygens (including phenoxy) is 1. The number of thioether (sulfide) groups is 1. The number of hydrogen-bond acceptors (Lipinski definition) is 4. The molecule has 1 heterocycles. The Balaban J connectivity index is 1.59. The molecular weight excluding hydrogens is 346 g/mol. The number of carbonyl (C=O) groups is 1. The summed E-state index contributed by atoms with van der Waals surface area (Å²) in [6.07, 6.45) is 3.67. The smallest absolute Gasteiger partial charge is 0.230 e. The molecule has 0 saturated carbocycles. The molecule has 6 heteroatoms. The SMILES string of the molecule is COc1ccccc1CNC(=O)CSc1nccn1-c1ccccc1C. The fraction of sp³-hybridized carbons (Fsp3) is 0.200. The van der Waals surface area contributed by atoms with Crippen LogP contribution in [0.15, 0.2) is 66.1 Å². The van der Waals surface area contributed by atoms with Gasteiger partial charge in [0.05, 0.1) is 18.6 Å². The monoisotopic (exact) mass is 367 g/mol. The molecule has 0 spiro atoms. The van der Waals surface area contributed by atoms with E-state index in [1.807, 2.05) is 53.2 Å². The summed E-state index contributed by atoms with van der Waals surface area (Å²) in [5.74, 6) is 1.04. The minimum absolute atomic E-state index is 0.0414. The standard InChI is InChI=1S/C20H21N3O2S/c1-15-7-3-5-9-17(15)23-12-11-21-20(23)26-14-19(24)22-13-16-8-4-6-10-18(16)25-2/h3-12H,13-14H2,1-2H3,(H,22,24). The van der Waals surface area contributed by atoms with Crippen molar-refractivity contribution in [1.29, 1.82) is 0 Å². The lowest BCUT2D eigenvalue weighted by Gasteiger charge is -2.11. The van der Waals surface area contributed by atoms with Crippen LogP contribution in [0.25, 0.3) is 5.69 Å². The van der Waals surface area contributed by atoms with Gasteiger partial charge in [-0.2, -0.15) is 0 Å². The highest BCUT2D eigenvalue weighted by Gasteiger charge is 2.11. The highest BCUT2D eigenvalue weighted by atomic mass is 32.2. The van der Waals surface area contributed by atoms with Gasteiger partial charge in [-0.3, -0.25) is 9.36 Å². The molecule has 2 aromatic carbocycles.